The summed E-state index contributed by atoms with van der Waals surface area (Å²) in [7, 11) is 0. The van der Waals surface area contributed by atoms with E-state index in [2.05, 4.69) is 4.98 Å². The Morgan fingerprint density at radius 1 is 1.27 bits per heavy atom. The van der Waals surface area contributed by atoms with E-state index in [-0.39, 0.29) is 0 Å². The van der Waals surface area contributed by atoms with Crippen LogP contribution in [0.4, 0.5) is 0 Å². The number of nitrogens with zero attached hydrogens (tertiary/aromatic N) is 1. The highest BCUT2D eigenvalue weighted by Crippen LogP contribution is 2.27. The Labute approximate surface area is 131 Å². The second kappa shape index (κ2) is 5.79. The lowest BCUT2D eigenvalue weighted by Gasteiger charge is -2.08. The summed E-state index contributed by atoms with van der Waals surface area (Å²) in [6.07, 6.45) is 0. The quantitative estimate of drug-likeness (QED) is 0.570. The number of halogens is 1. The van der Waals surface area contributed by atoms with Crippen LogP contribution >= 0.6 is 11.6 Å². The van der Waals surface area contributed by atoms with Gasteiger partial charge in [-0.2, -0.15) is 0 Å². The molecule has 22 heavy (non-hydrogen) atoms. The largest absolute Gasteiger partial charge is 0.436 e. The van der Waals surface area contributed by atoms with Crippen LogP contribution in [0.3, 0.4) is 0 Å². The molecule has 6 heteroatoms. The molecule has 0 bridgehead atoms. The number of fused-ring (bicyclic) bond motifs is 1. The number of carbonyl (C=O) groups is 1. The van der Waals surface area contributed by atoms with E-state index < -0.39 is 11.8 Å². The number of hydrogen-bond acceptors (Lipinski definition) is 4. The van der Waals surface area contributed by atoms with Crippen molar-refractivity contribution in [3.8, 4) is 11.5 Å². The molecule has 2 aromatic carbocycles. The third-order valence-electron chi connectivity index (χ3n) is 3.51. The molecule has 0 fully saturated rings. The molecule has 0 saturated carbocycles. The van der Waals surface area contributed by atoms with Gasteiger partial charge in [-0.15, -0.1) is 0 Å². The fraction of sp³-hybridized carbons (Fsp3) is 0.125. The molecular weight excluding hydrogens is 304 g/mol. The number of carbonyl (C=O) groups excluding carboxylic acids is 1. The summed E-state index contributed by atoms with van der Waals surface area (Å²) >= 11 is 5.87. The van der Waals surface area contributed by atoms with Gasteiger partial charge in [0.2, 0.25) is 5.89 Å². The summed E-state index contributed by atoms with van der Waals surface area (Å²) in [5.74, 6) is -0.464. The van der Waals surface area contributed by atoms with E-state index in [1.165, 1.54) is 0 Å². The summed E-state index contributed by atoms with van der Waals surface area (Å²) in [4.78, 5) is 15.9. The van der Waals surface area contributed by atoms with E-state index in [4.69, 9.17) is 21.2 Å². The highest BCUT2D eigenvalue weighted by atomic mass is 35.5. The van der Waals surface area contributed by atoms with Crippen molar-refractivity contribution < 1.29 is 14.4 Å². The SMILES string of the molecule is CC(C(=O)NO)c1ccc2oc(-c3ccc(Cl)cc3)nc2c1. The molecule has 3 rings (SSSR count). The van der Waals surface area contributed by atoms with Crippen LogP contribution in [0.1, 0.15) is 18.4 Å². The van der Waals surface area contributed by atoms with Crippen molar-refractivity contribution in [3.63, 3.8) is 0 Å². The van der Waals surface area contributed by atoms with Gasteiger partial charge in [-0.1, -0.05) is 17.7 Å². The first-order valence-electron chi connectivity index (χ1n) is 6.69. The fourth-order valence-electron chi connectivity index (χ4n) is 2.18. The number of amides is 1. The first kappa shape index (κ1) is 14.6. The van der Waals surface area contributed by atoms with E-state index in [9.17, 15) is 4.79 Å². The summed E-state index contributed by atoms with van der Waals surface area (Å²) < 4.78 is 5.71. The molecule has 0 radical (unpaired) electrons. The standard InChI is InChI=1S/C16H13ClN2O3/c1-9(15(20)19-21)11-4-7-14-13(8-11)18-16(22-14)10-2-5-12(17)6-3-10/h2-9,21H,1H3,(H,19,20). The van der Waals surface area contributed by atoms with E-state index in [0.717, 1.165) is 11.1 Å². The second-order valence-electron chi connectivity index (χ2n) is 4.95. The summed E-state index contributed by atoms with van der Waals surface area (Å²) in [6.45, 7) is 1.70. The average Bonchev–Trinajstić information content (AvgIpc) is 2.97. The van der Waals surface area contributed by atoms with Gasteiger partial charge >= 0.3 is 0 Å². The smallest absolute Gasteiger partial charge is 0.250 e. The van der Waals surface area contributed by atoms with Crippen molar-refractivity contribution in [2.24, 2.45) is 0 Å². The zero-order valence-electron chi connectivity index (χ0n) is 11.7. The highest BCUT2D eigenvalue weighted by molar-refractivity contribution is 6.30. The monoisotopic (exact) mass is 316 g/mol. The molecule has 2 N–H and O–H groups in total. The lowest BCUT2D eigenvalue weighted by Crippen LogP contribution is -2.24. The van der Waals surface area contributed by atoms with E-state index >= 15 is 0 Å². The number of hydrogen-bond donors (Lipinski definition) is 2. The van der Waals surface area contributed by atoms with Crippen LogP contribution < -0.4 is 5.48 Å². The maximum absolute atomic E-state index is 11.5. The molecule has 1 aromatic heterocycles. The summed E-state index contributed by atoms with van der Waals surface area (Å²) in [6, 6.07) is 12.5. The van der Waals surface area contributed by atoms with Gasteiger partial charge in [0.25, 0.3) is 5.91 Å². The van der Waals surface area contributed by atoms with Crippen molar-refractivity contribution in [1.29, 1.82) is 0 Å². The van der Waals surface area contributed by atoms with E-state index in [0.29, 0.717) is 22.0 Å². The molecule has 1 unspecified atom stereocenters. The molecule has 1 heterocycles. The molecule has 1 amide bonds. The molecule has 0 saturated heterocycles. The Kier molecular flexibility index (Phi) is 3.83. The van der Waals surface area contributed by atoms with Crippen LogP contribution in [0, 0.1) is 0 Å². The molecule has 0 aliphatic rings. The van der Waals surface area contributed by atoms with Crippen LogP contribution in [-0.2, 0) is 4.79 Å². The molecule has 0 aliphatic carbocycles. The molecule has 5 nitrogen and oxygen atoms in total. The first-order valence-corrected chi connectivity index (χ1v) is 7.06. The number of hydroxylamine groups is 1. The van der Waals surface area contributed by atoms with Gasteiger partial charge in [0, 0.05) is 10.6 Å². The fourth-order valence-corrected chi connectivity index (χ4v) is 2.30. The number of oxazole rings is 1. The zero-order chi connectivity index (χ0) is 15.7. The topological polar surface area (TPSA) is 75.4 Å². The normalized spacial score (nSPS) is 12.3. The lowest BCUT2D eigenvalue weighted by atomic mass is 10.0. The predicted molar refractivity (Wildman–Crippen MR) is 82.8 cm³/mol. The van der Waals surface area contributed by atoms with Gasteiger partial charge in [0.1, 0.15) is 5.52 Å². The van der Waals surface area contributed by atoms with Gasteiger partial charge < -0.3 is 4.42 Å². The zero-order valence-corrected chi connectivity index (χ0v) is 12.5. The van der Waals surface area contributed by atoms with Gasteiger partial charge in [-0.25, -0.2) is 10.5 Å². The number of nitrogens with one attached hydrogen (secondary N) is 1. The molecule has 3 aromatic rings. The van der Waals surface area contributed by atoms with Gasteiger partial charge in [-0.05, 0) is 48.9 Å². The van der Waals surface area contributed by atoms with Crippen LogP contribution in [0.25, 0.3) is 22.6 Å². The first-order chi connectivity index (χ1) is 10.6. The van der Waals surface area contributed by atoms with Crippen molar-refractivity contribution in [1.82, 2.24) is 10.5 Å². The predicted octanol–water partition coefficient (Wildman–Crippen LogP) is 3.76. The van der Waals surface area contributed by atoms with Crippen LogP contribution in [0.5, 0.6) is 0 Å². The Morgan fingerprint density at radius 2 is 2.00 bits per heavy atom. The second-order valence-corrected chi connectivity index (χ2v) is 5.39. The molecule has 0 spiro atoms. The molecule has 1 atom stereocenters. The number of rotatable bonds is 3. The molecule has 0 aliphatic heterocycles. The minimum Gasteiger partial charge on any atom is -0.436 e. The molecule has 112 valence electrons. The van der Waals surface area contributed by atoms with Crippen LogP contribution in [0.15, 0.2) is 46.9 Å². The minimum absolute atomic E-state index is 0.472. The third kappa shape index (κ3) is 2.68. The van der Waals surface area contributed by atoms with E-state index in [1.54, 1.807) is 42.7 Å². The average molecular weight is 317 g/mol. The Morgan fingerprint density at radius 3 is 2.68 bits per heavy atom. The summed E-state index contributed by atoms with van der Waals surface area (Å²) in [5, 5.41) is 9.35. The van der Waals surface area contributed by atoms with E-state index in [1.807, 2.05) is 12.1 Å². The maximum Gasteiger partial charge on any atom is 0.250 e. The Hall–Kier alpha value is -2.37. The minimum atomic E-state index is -0.481. The highest BCUT2D eigenvalue weighted by Gasteiger charge is 2.16. The van der Waals surface area contributed by atoms with Gasteiger partial charge in [-0.3, -0.25) is 10.0 Å². The molecular formula is C16H13ClN2O3. The number of aromatic nitrogens is 1. The summed E-state index contributed by atoms with van der Waals surface area (Å²) in [5.41, 5.74) is 4.50. The third-order valence-corrected chi connectivity index (χ3v) is 3.76. The van der Waals surface area contributed by atoms with Crippen molar-refractivity contribution >= 4 is 28.6 Å². The number of benzene rings is 2. The van der Waals surface area contributed by atoms with Crippen molar-refractivity contribution in [3.05, 3.63) is 53.1 Å². The van der Waals surface area contributed by atoms with Gasteiger partial charge in [0.15, 0.2) is 5.58 Å². The van der Waals surface area contributed by atoms with Crippen molar-refractivity contribution in [2.75, 3.05) is 0 Å². The van der Waals surface area contributed by atoms with Crippen LogP contribution in [-0.4, -0.2) is 16.1 Å². The lowest BCUT2D eigenvalue weighted by molar-refractivity contribution is -0.130. The van der Waals surface area contributed by atoms with Crippen molar-refractivity contribution in [2.45, 2.75) is 12.8 Å². The maximum atomic E-state index is 11.5. The van der Waals surface area contributed by atoms with Crippen LogP contribution in [0.2, 0.25) is 5.02 Å². The van der Waals surface area contributed by atoms with Gasteiger partial charge in [0.05, 0.1) is 5.92 Å². The Balaban J connectivity index is 2.00. The Bertz CT molecular complexity index is 827.